The Labute approximate surface area is 105 Å². The molecule has 0 spiro atoms. The van der Waals surface area contributed by atoms with Crippen LogP contribution in [0.4, 0.5) is 0 Å². The van der Waals surface area contributed by atoms with Crippen molar-refractivity contribution >= 4 is 0 Å². The number of nitrogens with zero attached hydrogens (tertiary/aromatic N) is 1. The highest BCUT2D eigenvalue weighted by molar-refractivity contribution is 5.09. The van der Waals surface area contributed by atoms with E-state index in [1.165, 1.54) is 19.3 Å². The SMILES string of the molecule is CCC1CCC(C#N)(C(O)C2CCCCC2)C1. The first-order valence-electron chi connectivity index (χ1n) is 7.31. The summed E-state index contributed by atoms with van der Waals surface area (Å²) in [6.07, 6.45) is 9.79. The van der Waals surface area contributed by atoms with Gasteiger partial charge in [0.15, 0.2) is 0 Å². The molecule has 2 nitrogen and oxygen atoms in total. The second kappa shape index (κ2) is 5.40. The molecule has 2 heteroatoms. The number of aliphatic hydroxyl groups is 1. The fourth-order valence-corrected chi connectivity index (χ4v) is 3.87. The van der Waals surface area contributed by atoms with Gasteiger partial charge in [-0.2, -0.15) is 5.26 Å². The van der Waals surface area contributed by atoms with Crippen molar-refractivity contribution in [1.29, 1.82) is 5.26 Å². The molecule has 0 bridgehead atoms. The van der Waals surface area contributed by atoms with E-state index in [2.05, 4.69) is 13.0 Å². The molecule has 2 rings (SSSR count). The largest absolute Gasteiger partial charge is 0.391 e. The zero-order chi connectivity index (χ0) is 12.3. The predicted octanol–water partition coefficient (Wildman–Crippen LogP) is 3.65. The molecular weight excluding hydrogens is 210 g/mol. The van der Waals surface area contributed by atoms with Crippen LogP contribution in [0.15, 0.2) is 0 Å². The van der Waals surface area contributed by atoms with E-state index in [4.69, 9.17) is 0 Å². The molecule has 2 aliphatic carbocycles. The minimum absolute atomic E-state index is 0.371. The lowest BCUT2D eigenvalue weighted by atomic mass is 9.71. The van der Waals surface area contributed by atoms with Gasteiger partial charge in [0, 0.05) is 0 Å². The summed E-state index contributed by atoms with van der Waals surface area (Å²) in [6.45, 7) is 2.20. The van der Waals surface area contributed by atoms with E-state index in [0.717, 1.165) is 38.5 Å². The Balaban J connectivity index is 2.05. The smallest absolute Gasteiger partial charge is 0.0837 e. The van der Waals surface area contributed by atoms with Crippen LogP contribution in [0.3, 0.4) is 0 Å². The maximum Gasteiger partial charge on any atom is 0.0837 e. The molecule has 3 atom stereocenters. The van der Waals surface area contributed by atoms with Gasteiger partial charge in [0.05, 0.1) is 17.6 Å². The number of hydrogen-bond donors (Lipinski definition) is 1. The summed E-state index contributed by atoms with van der Waals surface area (Å²) >= 11 is 0. The van der Waals surface area contributed by atoms with Crippen molar-refractivity contribution < 1.29 is 5.11 Å². The van der Waals surface area contributed by atoms with Gasteiger partial charge in [-0.3, -0.25) is 0 Å². The lowest BCUT2D eigenvalue weighted by molar-refractivity contribution is -0.0000126. The first-order valence-corrected chi connectivity index (χ1v) is 7.31. The van der Waals surface area contributed by atoms with Crippen molar-refractivity contribution in [1.82, 2.24) is 0 Å². The zero-order valence-electron chi connectivity index (χ0n) is 11.0. The third-order valence-electron chi connectivity index (χ3n) is 5.11. The Bertz CT molecular complexity index is 290. The molecule has 0 heterocycles. The van der Waals surface area contributed by atoms with Gasteiger partial charge in [0.25, 0.3) is 0 Å². The third-order valence-corrected chi connectivity index (χ3v) is 5.11. The number of rotatable bonds is 3. The van der Waals surface area contributed by atoms with Crippen molar-refractivity contribution in [2.75, 3.05) is 0 Å². The van der Waals surface area contributed by atoms with Gasteiger partial charge in [-0.15, -0.1) is 0 Å². The molecule has 2 aliphatic rings. The van der Waals surface area contributed by atoms with Crippen LogP contribution in [0.1, 0.15) is 64.7 Å². The molecule has 3 unspecified atom stereocenters. The fraction of sp³-hybridized carbons (Fsp3) is 0.933. The summed E-state index contributed by atoms with van der Waals surface area (Å²) in [6, 6.07) is 2.49. The Hall–Kier alpha value is -0.550. The quantitative estimate of drug-likeness (QED) is 0.811. The van der Waals surface area contributed by atoms with Crippen molar-refractivity contribution in [3.63, 3.8) is 0 Å². The van der Waals surface area contributed by atoms with Crippen molar-refractivity contribution in [3.05, 3.63) is 0 Å². The molecule has 2 fully saturated rings. The molecule has 0 amide bonds. The molecular formula is C15H25NO. The van der Waals surface area contributed by atoms with E-state index in [1.54, 1.807) is 0 Å². The van der Waals surface area contributed by atoms with E-state index in [9.17, 15) is 10.4 Å². The van der Waals surface area contributed by atoms with Gasteiger partial charge < -0.3 is 5.11 Å². The first-order chi connectivity index (χ1) is 8.22. The molecule has 0 saturated heterocycles. The summed E-state index contributed by atoms with van der Waals surface area (Å²) < 4.78 is 0. The summed E-state index contributed by atoms with van der Waals surface area (Å²) in [5, 5.41) is 20.1. The number of aliphatic hydroxyl groups excluding tert-OH is 1. The predicted molar refractivity (Wildman–Crippen MR) is 68.3 cm³/mol. The summed E-state index contributed by atoms with van der Waals surface area (Å²) in [5.74, 6) is 1.05. The molecule has 0 aliphatic heterocycles. The van der Waals surface area contributed by atoms with Gasteiger partial charge in [-0.05, 0) is 43.9 Å². The van der Waals surface area contributed by atoms with Crippen LogP contribution in [0.2, 0.25) is 0 Å². The van der Waals surface area contributed by atoms with Gasteiger partial charge in [0.2, 0.25) is 0 Å². The second-order valence-corrected chi connectivity index (χ2v) is 6.13. The molecule has 2 saturated carbocycles. The van der Waals surface area contributed by atoms with E-state index in [-0.39, 0.29) is 6.10 Å². The van der Waals surface area contributed by atoms with Crippen LogP contribution in [-0.2, 0) is 0 Å². The average molecular weight is 235 g/mol. The minimum Gasteiger partial charge on any atom is -0.391 e. The van der Waals surface area contributed by atoms with Crippen LogP contribution < -0.4 is 0 Å². The van der Waals surface area contributed by atoms with Gasteiger partial charge in [-0.25, -0.2) is 0 Å². The molecule has 96 valence electrons. The van der Waals surface area contributed by atoms with Crippen LogP contribution in [-0.4, -0.2) is 11.2 Å². The topological polar surface area (TPSA) is 44.0 Å². The second-order valence-electron chi connectivity index (χ2n) is 6.13. The first kappa shape index (κ1) is 12.9. The van der Waals surface area contributed by atoms with E-state index >= 15 is 0 Å². The summed E-state index contributed by atoms with van der Waals surface area (Å²) in [5.41, 5.74) is -0.414. The molecule has 17 heavy (non-hydrogen) atoms. The van der Waals surface area contributed by atoms with Crippen LogP contribution in [0.5, 0.6) is 0 Å². The summed E-state index contributed by atoms with van der Waals surface area (Å²) in [4.78, 5) is 0. The average Bonchev–Trinajstić information content (AvgIpc) is 2.84. The van der Waals surface area contributed by atoms with E-state index in [1.807, 2.05) is 0 Å². The van der Waals surface area contributed by atoms with Crippen molar-refractivity contribution in [2.24, 2.45) is 17.3 Å². The van der Waals surface area contributed by atoms with E-state index in [0.29, 0.717) is 11.8 Å². The monoisotopic (exact) mass is 235 g/mol. The van der Waals surface area contributed by atoms with Crippen molar-refractivity contribution in [3.8, 4) is 6.07 Å². The van der Waals surface area contributed by atoms with Gasteiger partial charge >= 0.3 is 0 Å². The number of hydrogen-bond acceptors (Lipinski definition) is 2. The molecule has 0 aromatic carbocycles. The Morgan fingerprint density at radius 3 is 2.53 bits per heavy atom. The zero-order valence-corrected chi connectivity index (χ0v) is 11.0. The standard InChI is InChI=1S/C15H25NO/c1-2-12-8-9-15(10-12,11-16)14(17)13-6-4-3-5-7-13/h12-14,17H,2-10H2,1H3. The Morgan fingerprint density at radius 2 is 2.00 bits per heavy atom. The highest BCUT2D eigenvalue weighted by Crippen LogP contribution is 2.48. The van der Waals surface area contributed by atoms with Gasteiger partial charge in [0.1, 0.15) is 0 Å². The lowest BCUT2D eigenvalue weighted by Crippen LogP contribution is -2.38. The van der Waals surface area contributed by atoms with Crippen LogP contribution in [0.25, 0.3) is 0 Å². The third kappa shape index (κ3) is 2.50. The molecule has 0 aromatic heterocycles. The molecule has 0 radical (unpaired) electrons. The minimum atomic E-state index is -0.414. The molecule has 0 aromatic rings. The van der Waals surface area contributed by atoms with E-state index < -0.39 is 5.41 Å². The maximum atomic E-state index is 10.6. The fourth-order valence-electron chi connectivity index (χ4n) is 3.87. The summed E-state index contributed by atoms with van der Waals surface area (Å²) in [7, 11) is 0. The molecule has 1 N–H and O–H groups in total. The lowest BCUT2D eigenvalue weighted by Gasteiger charge is -2.35. The van der Waals surface area contributed by atoms with Crippen molar-refractivity contribution in [2.45, 2.75) is 70.8 Å². The highest BCUT2D eigenvalue weighted by Gasteiger charge is 2.47. The normalized spacial score (nSPS) is 36.6. The Morgan fingerprint density at radius 1 is 1.29 bits per heavy atom. The highest BCUT2D eigenvalue weighted by atomic mass is 16.3. The van der Waals surface area contributed by atoms with Gasteiger partial charge in [-0.1, -0.05) is 32.6 Å². The van der Waals surface area contributed by atoms with Crippen LogP contribution in [0, 0.1) is 28.6 Å². The number of nitriles is 1. The maximum absolute atomic E-state index is 10.6. The Kier molecular flexibility index (Phi) is 4.09. The van der Waals surface area contributed by atoms with Crippen LogP contribution >= 0.6 is 0 Å².